The van der Waals surface area contributed by atoms with Crippen molar-refractivity contribution in [1.82, 2.24) is 0 Å². The molecule has 2 rings (SSSR count). The summed E-state index contributed by atoms with van der Waals surface area (Å²) >= 11 is 0. The van der Waals surface area contributed by atoms with Gasteiger partial charge in [0.2, 0.25) is 0 Å². The van der Waals surface area contributed by atoms with Gasteiger partial charge in [-0.15, -0.1) is 0 Å². The zero-order chi connectivity index (χ0) is 13.9. The molecule has 2 aromatic rings. The van der Waals surface area contributed by atoms with Crippen LogP contribution in [-0.4, -0.2) is 0 Å². The van der Waals surface area contributed by atoms with Crippen LogP contribution in [-0.2, 0) is 12.0 Å². The van der Waals surface area contributed by atoms with Crippen molar-refractivity contribution in [3.63, 3.8) is 0 Å². The minimum Gasteiger partial charge on any atom is -0.486 e. The van der Waals surface area contributed by atoms with Gasteiger partial charge < -0.3 is 4.74 Å². The number of hydrogen-bond donors (Lipinski definition) is 0. The number of rotatable bonds is 3. The number of benzene rings is 2. The van der Waals surface area contributed by atoms with Gasteiger partial charge in [-0.2, -0.15) is 0 Å². The third kappa shape index (κ3) is 3.57. The molecule has 0 saturated heterocycles. The van der Waals surface area contributed by atoms with E-state index in [1.54, 1.807) is 12.1 Å². The smallest absolute Gasteiger partial charge is 0.165 e. The lowest BCUT2D eigenvalue weighted by Gasteiger charge is -2.19. The minimum absolute atomic E-state index is 0.0567. The van der Waals surface area contributed by atoms with Crippen molar-refractivity contribution in [2.45, 2.75) is 32.8 Å². The molecule has 2 aromatic carbocycles. The first-order valence-corrected chi connectivity index (χ1v) is 6.43. The molecule has 0 N–H and O–H groups in total. The Morgan fingerprint density at radius 1 is 1.00 bits per heavy atom. The van der Waals surface area contributed by atoms with Crippen LogP contribution < -0.4 is 4.74 Å². The second kappa shape index (κ2) is 5.43. The van der Waals surface area contributed by atoms with E-state index < -0.39 is 0 Å². The molecule has 0 atom stereocenters. The molecule has 0 spiro atoms. The van der Waals surface area contributed by atoms with E-state index in [9.17, 15) is 4.39 Å². The molecule has 0 fully saturated rings. The Morgan fingerprint density at radius 2 is 1.68 bits per heavy atom. The van der Waals surface area contributed by atoms with Gasteiger partial charge in [0.15, 0.2) is 11.6 Å². The third-order valence-electron chi connectivity index (χ3n) is 3.04. The predicted molar refractivity (Wildman–Crippen MR) is 75.9 cm³/mol. The SMILES string of the molecule is CC(C)(C)c1ccc(OCc2ccccc2)c(F)c1. The standard InChI is InChI=1S/C17H19FO/c1-17(2,3)14-9-10-16(15(18)11-14)19-12-13-7-5-4-6-8-13/h4-11H,12H2,1-3H3. The molecular weight excluding hydrogens is 239 g/mol. The summed E-state index contributed by atoms with van der Waals surface area (Å²) in [6.07, 6.45) is 0. The fraction of sp³-hybridized carbons (Fsp3) is 0.294. The van der Waals surface area contributed by atoms with Crippen LogP contribution in [0.25, 0.3) is 0 Å². The van der Waals surface area contributed by atoms with Crippen LogP contribution >= 0.6 is 0 Å². The van der Waals surface area contributed by atoms with E-state index >= 15 is 0 Å². The lowest BCUT2D eigenvalue weighted by Crippen LogP contribution is -2.11. The van der Waals surface area contributed by atoms with Crippen LogP contribution in [0.15, 0.2) is 48.5 Å². The summed E-state index contributed by atoms with van der Waals surface area (Å²) < 4.78 is 19.5. The first kappa shape index (κ1) is 13.6. The van der Waals surface area contributed by atoms with Crippen molar-refractivity contribution in [2.75, 3.05) is 0 Å². The topological polar surface area (TPSA) is 9.23 Å². The Balaban J connectivity index is 2.10. The maximum Gasteiger partial charge on any atom is 0.165 e. The molecule has 0 aromatic heterocycles. The van der Waals surface area contributed by atoms with Gasteiger partial charge in [-0.1, -0.05) is 57.2 Å². The lowest BCUT2D eigenvalue weighted by molar-refractivity contribution is 0.290. The summed E-state index contributed by atoms with van der Waals surface area (Å²) in [7, 11) is 0. The number of ether oxygens (including phenoxy) is 1. The highest BCUT2D eigenvalue weighted by Crippen LogP contribution is 2.27. The predicted octanol–water partition coefficient (Wildman–Crippen LogP) is 4.70. The molecule has 2 heteroatoms. The average Bonchev–Trinajstić information content (AvgIpc) is 2.37. The zero-order valence-corrected chi connectivity index (χ0v) is 11.6. The van der Waals surface area contributed by atoms with Crippen LogP contribution in [0.1, 0.15) is 31.9 Å². The minimum atomic E-state index is -0.302. The van der Waals surface area contributed by atoms with Gasteiger partial charge in [-0.3, -0.25) is 0 Å². The van der Waals surface area contributed by atoms with E-state index in [-0.39, 0.29) is 11.2 Å². The van der Waals surface area contributed by atoms with E-state index in [1.165, 1.54) is 0 Å². The fourth-order valence-corrected chi connectivity index (χ4v) is 1.82. The number of hydrogen-bond acceptors (Lipinski definition) is 1. The van der Waals surface area contributed by atoms with Gasteiger partial charge in [0.05, 0.1) is 0 Å². The highest BCUT2D eigenvalue weighted by atomic mass is 19.1. The maximum atomic E-state index is 14.0. The molecule has 0 aliphatic heterocycles. The van der Waals surface area contributed by atoms with E-state index in [1.807, 2.05) is 36.4 Å². The fourth-order valence-electron chi connectivity index (χ4n) is 1.82. The van der Waals surface area contributed by atoms with E-state index in [0.717, 1.165) is 11.1 Å². The molecule has 0 aliphatic rings. The van der Waals surface area contributed by atoms with Crippen LogP contribution in [0.4, 0.5) is 4.39 Å². The molecule has 0 aliphatic carbocycles. The monoisotopic (exact) mass is 258 g/mol. The summed E-state index contributed by atoms with van der Waals surface area (Å²) in [5, 5.41) is 0. The Hall–Kier alpha value is -1.83. The molecule has 0 bridgehead atoms. The van der Waals surface area contributed by atoms with Crippen LogP contribution in [0.5, 0.6) is 5.75 Å². The van der Waals surface area contributed by atoms with Gasteiger partial charge in [-0.05, 0) is 28.7 Å². The zero-order valence-electron chi connectivity index (χ0n) is 11.6. The summed E-state index contributed by atoms with van der Waals surface area (Å²) in [5.74, 6) is 0.000194. The van der Waals surface area contributed by atoms with E-state index in [0.29, 0.717) is 12.4 Å². The highest BCUT2D eigenvalue weighted by Gasteiger charge is 2.16. The van der Waals surface area contributed by atoms with Gasteiger partial charge in [0, 0.05) is 0 Å². The Kier molecular flexibility index (Phi) is 3.89. The van der Waals surface area contributed by atoms with Crippen LogP contribution in [0.2, 0.25) is 0 Å². The molecule has 0 saturated carbocycles. The molecule has 0 heterocycles. The molecule has 0 radical (unpaired) electrons. The quantitative estimate of drug-likeness (QED) is 0.775. The van der Waals surface area contributed by atoms with E-state index in [2.05, 4.69) is 20.8 Å². The van der Waals surface area contributed by atoms with Crippen molar-refractivity contribution in [3.8, 4) is 5.75 Å². The molecule has 100 valence electrons. The van der Waals surface area contributed by atoms with E-state index in [4.69, 9.17) is 4.74 Å². The molecular formula is C17H19FO. The Bertz CT molecular complexity index is 541. The largest absolute Gasteiger partial charge is 0.486 e. The molecule has 0 unspecified atom stereocenters. The molecule has 1 nitrogen and oxygen atoms in total. The second-order valence-electron chi connectivity index (χ2n) is 5.67. The summed E-state index contributed by atoms with van der Waals surface area (Å²) in [4.78, 5) is 0. The van der Waals surface area contributed by atoms with Crippen molar-refractivity contribution < 1.29 is 9.13 Å². The van der Waals surface area contributed by atoms with Gasteiger partial charge in [0.25, 0.3) is 0 Å². The summed E-state index contributed by atoms with van der Waals surface area (Å²) in [5.41, 5.74) is 1.94. The third-order valence-corrected chi connectivity index (χ3v) is 3.04. The van der Waals surface area contributed by atoms with Crippen molar-refractivity contribution in [3.05, 3.63) is 65.5 Å². The maximum absolute atomic E-state index is 14.0. The second-order valence-corrected chi connectivity index (χ2v) is 5.67. The van der Waals surface area contributed by atoms with Gasteiger partial charge in [0.1, 0.15) is 6.61 Å². The molecule has 0 amide bonds. The average molecular weight is 258 g/mol. The van der Waals surface area contributed by atoms with Crippen molar-refractivity contribution in [1.29, 1.82) is 0 Å². The number of halogens is 1. The highest BCUT2D eigenvalue weighted by molar-refractivity contribution is 5.33. The summed E-state index contributed by atoms with van der Waals surface area (Å²) in [6.45, 7) is 6.57. The first-order chi connectivity index (χ1) is 8.97. The Labute approximate surface area is 114 Å². The first-order valence-electron chi connectivity index (χ1n) is 6.43. The van der Waals surface area contributed by atoms with Gasteiger partial charge in [-0.25, -0.2) is 4.39 Å². The molecule has 19 heavy (non-hydrogen) atoms. The summed E-state index contributed by atoms with van der Waals surface area (Å²) in [6, 6.07) is 14.9. The van der Waals surface area contributed by atoms with Crippen LogP contribution in [0.3, 0.4) is 0 Å². The van der Waals surface area contributed by atoms with Crippen molar-refractivity contribution in [2.24, 2.45) is 0 Å². The normalized spacial score (nSPS) is 11.4. The Morgan fingerprint density at radius 3 is 2.26 bits per heavy atom. The lowest BCUT2D eigenvalue weighted by atomic mass is 9.87. The van der Waals surface area contributed by atoms with Crippen LogP contribution in [0, 0.1) is 5.82 Å². The van der Waals surface area contributed by atoms with Gasteiger partial charge >= 0.3 is 0 Å². The van der Waals surface area contributed by atoms with Crippen molar-refractivity contribution >= 4 is 0 Å².